The number of ketones is 1. The molecule has 1 aromatic rings. The molecule has 0 aromatic heterocycles. The van der Waals surface area contributed by atoms with E-state index in [0.29, 0.717) is 11.3 Å². The van der Waals surface area contributed by atoms with Crippen molar-refractivity contribution in [1.82, 2.24) is 5.32 Å². The minimum atomic E-state index is -0.556. The molecule has 1 N–H and O–H groups in total. The first-order chi connectivity index (χ1) is 8.54. The average Bonchev–Trinajstić information content (AvgIpc) is 2.60. The lowest BCUT2D eigenvalue weighted by atomic mass is 10.1. The van der Waals surface area contributed by atoms with Crippen LogP contribution in [0.1, 0.15) is 22.3 Å². The average molecular weight is 246 g/mol. The molecule has 0 saturated heterocycles. The van der Waals surface area contributed by atoms with Crippen LogP contribution in [-0.4, -0.2) is 31.2 Å². The highest BCUT2D eigenvalue weighted by Crippen LogP contribution is 2.29. The van der Waals surface area contributed by atoms with Crippen molar-refractivity contribution in [2.24, 2.45) is 0 Å². The fourth-order valence-corrected chi connectivity index (χ4v) is 1.97. The summed E-state index contributed by atoms with van der Waals surface area (Å²) < 4.78 is 0. The number of anilines is 1. The van der Waals surface area contributed by atoms with Crippen molar-refractivity contribution in [2.45, 2.75) is 13.3 Å². The number of benzene rings is 1. The number of Topliss-reactive ketones (excluding diaryl/α,β-unsaturated/α-hetero) is 1. The first-order valence-corrected chi connectivity index (χ1v) is 5.72. The van der Waals surface area contributed by atoms with E-state index in [-0.39, 0.29) is 18.9 Å². The third kappa shape index (κ3) is 1.99. The Bertz CT molecular complexity index is 537. The highest BCUT2D eigenvalue weighted by Gasteiger charge is 2.35. The van der Waals surface area contributed by atoms with Crippen LogP contribution in [0.3, 0.4) is 0 Å². The zero-order valence-corrected chi connectivity index (χ0v) is 10.3. The molecule has 0 spiro atoms. The number of fused-ring (bicyclic) bond motifs is 1. The molecule has 2 rings (SSSR count). The SMILES string of the molecule is CNC(=O)CCN1C(=O)C(=O)c2cc(C)ccc21. The van der Waals surface area contributed by atoms with Gasteiger partial charge in [0, 0.05) is 20.0 Å². The van der Waals surface area contributed by atoms with Gasteiger partial charge in [-0.1, -0.05) is 11.6 Å². The number of carbonyl (C=O) groups is 3. The fraction of sp³-hybridized carbons (Fsp3) is 0.308. The molecule has 94 valence electrons. The van der Waals surface area contributed by atoms with Crippen LogP contribution in [0.25, 0.3) is 0 Å². The second-order valence-corrected chi connectivity index (χ2v) is 4.23. The highest BCUT2D eigenvalue weighted by molar-refractivity contribution is 6.52. The highest BCUT2D eigenvalue weighted by atomic mass is 16.2. The number of hydrogen-bond acceptors (Lipinski definition) is 3. The summed E-state index contributed by atoms with van der Waals surface area (Å²) in [5, 5.41) is 2.49. The van der Waals surface area contributed by atoms with Crippen molar-refractivity contribution in [3.8, 4) is 0 Å². The summed E-state index contributed by atoms with van der Waals surface area (Å²) in [6.45, 7) is 2.09. The Morgan fingerprint density at radius 2 is 2.06 bits per heavy atom. The van der Waals surface area contributed by atoms with E-state index >= 15 is 0 Å². The molecule has 1 aliphatic heterocycles. The third-order valence-corrected chi connectivity index (χ3v) is 2.97. The van der Waals surface area contributed by atoms with E-state index in [2.05, 4.69) is 5.32 Å². The second kappa shape index (κ2) is 4.60. The zero-order valence-electron chi connectivity index (χ0n) is 10.3. The molecular weight excluding hydrogens is 232 g/mol. The lowest BCUT2D eigenvalue weighted by molar-refractivity contribution is -0.120. The summed E-state index contributed by atoms with van der Waals surface area (Å²) in [4.78, 5) is 36.2. The number of hydrogen-bond donors (Lipinski definition) is 1. The van der Waals surface area contributed by atoms with Gasteiger partial charge in [0.25, 0.3) is 11.7 Å². The van der Waals surface area contributed by atoms with Crippen molar-refractivity contribution < 1.29 is 14.4 Å². The second-order valence-electron chi connectivity index (χ2n) is 4.23. The van der Waals surface area contributed by atoms with Crippen molar-refractivity contribution >= 4 is 23.3 Å². The Labute approximate surface area is 105 Å². The quantitative estimate of drug-likeness (QED) is 0.797. The topological polar surface area (TPSA) is 66.5 Å². The number of carbonyl (C=O) groups excluding carboxylic acids is 3. The molecule has 0 atom stereocenters. The van der Waals surface area contributed by atoms with Crippen LogP contribution < -0.4 is 10.2 Å². The minimum Gasteiger partial charge on any atom is -0.359 e. The van der Waals surface area contributed by atoms with E-state index in [1.54, 1.807) is 12.1 Å². The molecule has 0 fully saturated rings. The number of nitrogens with one attached hydrogen (secondary N) is 1. The third-order valence-electron chi connectivity index (χ3n) is 2.97. The number of amides is 2. The van der Waals surface area contributed by atoms with Crippen molar-refractivity contribution in [3.05, 3.63) is 29.3 Å². The van der Waals surface area contributed by atoms with Crippen LogP contribution in [0.15, 0.2) is 18.2 Å². The van der Waals surface area contributed by atoms with Crippen LogP contribution in [0.4, 0.5) is 5.69 Å². The first-order valence-electron chi connectivity index (χ1n) is 5.72. The van der Waals surface area contributed by atoms with Gasteiger partial charge in [-0.2, -0.15) is 0 Å². The Hall–Kier alpha value is -2.17. The maximum Gasteiger partial charge on any atom is 0.299 e. The smallest absolute Gasteiger partial charge is 0.299 e. The van der Waals surface area contributed by atoms with Gasteiger partial charge in [0.05, 0.1) is 11.3 Å². The van der Waals surface area contributed by atoms with Gasteiger partial charge in [0.15, 0.2) is 0 Å². The van der Waals surface area contributed by atoms with Gasteiger partial charge < -0.3 is 10.2 Å². The Kier molecular flexibility index (Phi) is 3.14. The molecule has 5 nitrogen and oxygen atoms in total. The summed E-state index contributed by atoms with van der Waals surface area (Å²) in [6.07, 6.45) is 0.183. The van der Waals surface area contributed by atoms with Crippen molar-refractivity contribution in [1.29, 1.82) is 0 Å². The molecule has 0 radical (unpaired) electrons. The van der Waals surface area contributed by atoms with Gasteiger partial charge in [-0.15, -0.1) is 0 Å². The molecule has 5 heteroatoms. The van der Waals surface area contributed by atoms with Crippen LogP contribution >= 0.6 is 0 Å². The standard InChI is InChI=1S/C13H14N2O3/c1-8-3-4-10-9(7-8)12(17)13(18)15(10)6-5-11(16)14-2/h3-4,7H,5-6H2,1-2H3,(H,14,16). The molecule has 18 heavy (non-hydrogen) atoms. The van der Waals surface area contributed by atoms with E-state index in [0.717, 1.165) is 5.56 Å². The summed E-state index contributed by atoms with van der Waals surface area (Å²) >= 11 is 0. The summed E-state index contributed by atoms with van der Waals surface area (Å²) in [5.41, 5.74) is 1.96. The van der Waals surface area contributed by atoms with Crippen molar-refractivity contribution in [2.75, 3.05) is 18.5 Å². The summed E-state index contributed by atoms with van der Waals surface area (Å²) in [5.74, 6) is -1.21. The number of aryl methyl sites for hydroxylation is 1. The monoisotopic (exact) mass is 246 g/mol. The molecule has 0 bridgehead atoms. The molecule has 1 aromatic carbocycles. The van der Waals surface area contributed by atoms with E-state index in [1.165, 1.54) is 11.9 Å². The van der Waals surface area contributed by atoms with E-state index in [9.17, 15) is 14.4 Å². The summed E-state index contributed by atoms with van der Waals surface area (Å²) in [7, 11) is 1.54. The number of rotatable bonds is 3. The number of nitrogens with zero attached hydrogens (tertiary/aromatic N) is 1. The van der Waals surface area contributed by atoms with Gasteiger partial charge in [0.2, 0.25) is 5.91 Å². The van der Waals surface area contributed by atoms with Gasteiger partial charge in [-0.05, 0) is 19.1 Å². The van der Waals surface area contributed by atoms with Crippen LogP contribution in [0, 0.1) is 6.92 Å². The maximum atomic E-state index is 11.8. The molecule has 0 saturated carbocycles. The largest absolute Gasteiger partial charge is 0.359 e. The van der Waals surface area contributed by atoms with E-state index < -0.39 is 11.7 Å². The Morgan fingerprint density at radius 1 is 1.33 bits per heavy atom. The fourth-order valence-electron chi connectivity index (χ4n) is 1.97. The molecular formula is C13H14N2O3. The van der Waals surface area contributed by atoms with Crippen molar-refractivity contribution in [3.63, 3.8) is 0 Å². The lowest BCUT2D eigenvalue weighted by Gasteiger charge is -2.15. The van der Waals surface area contributed by atoms with Gasteiger partial charge >= 0.3 is 0 Å². The predicted octanol–water partition coefficient (Wildman–Crippen LogP) is 0.660. The minimum absolute atomic E-state index is 0.157. The van der Waals surface area contributed by atoms with E-state index in [1.807, 2.05) is 13.0 Å². The Balaban J connectivity index is 2.26. The van der Waals surface area contributed by atoms with Crippen LogP contribution in [-0.2, 0) is 9.59 Å². The van der Waals surface area contributed by atoms with Gasteiger partial charge in [-0.3, -0.25) is 14.4 Å². The van der Waals surface area contributed by atoms with E-state index in [4.69, 9.17) is 0 Å². The lowest BCUT2D eigenvalue weighted by Crippen LogP contribution is -2.33. The van der Waals surface area contributed by atoms with Gasteiger partial charge in [0.1, 0.15) is 0 Å². The predicted molar refractivity (Wildman–Crippen MR) is 66.5 cm³/mol. The molecule has 2 amide bonds. The molecule has 1 aliphatic rings. The van der Waals surface area contributed by atoms with Gasteiger partial charge in [-0.25, -0.2) is 0 Å². The molecule has 1 heterocycles. The first kappa shape index (κ1) is 12.3. The van der Waals surface area contributed by atoms with Crippen LogP contribution in [0.2, 0.25) is 0 Å². The normalized spacial score (nSPS) is 13.8. The maximum absolute atomic E-state index is 11.8. The zero-order chi connectivity index (χ0) is 13.3. The van der Waals surface area contributed by atoms with Crippen LogP contribution in [0.5, 0.6) is 0 Å². The molecule has 0 unspecified atom stereocenters. The summed E-state index contributed by atoms with van der Waals surface area (Å²) in [6, 6.07) is 5.30. The molecule has 0 aliphatic carbocycles. The Morgan fingerprint density at radius 3 is 2.72 bits per heavy atom.